The molecule has 0 fully saturated rings. The second kappa shape index (κ2) is 7.27. The number of halogens is 5. The highest BCUT2D eigenvalue weighted by Gasteiger charge is 2.36. The zero-order chi connectivity index (χ0) is 20.6. The van der Waals surface area contributed by atoms with E-state index >= 15 is 0 Å². The first kappa shape index (κ1) is 19.9. The lowest BCUT2D eigenvalue weighted by atomic mass is 10.1. The Labute approximate surface area is 161 Å². The molecule has 0 aliphatic carbocycles. The number of carbonyl (C=O) groups is 1. The molecule has 3 heterocycles. The van der Waals surface area contributed by atoms with Gasteiger partial charge in [-0.2, -0.15) is 17.6 Å². The number of hydrogen-bond acceptors (Lipinski definition) is 4. The molecule has 0 unspecified atom stereocenters. The monoisotopic (exact) mass is 415 g/mol. The first-order valence-electron chi connectivity index (χ1n) is 7.98. The van der Waals surface area contributed by atoms with Crippen LogP contribution in [0.3, 0.4) is 0 Å². The van der Waals surface area contributed by atoms with Crippen LogP contribution in [0.25, 0.3) is 22.2 Å². The number of alkyl halides is 3. The summed E-state index contributed by atoms with van der Waals surface area (Å²) in [6.07, 6.45) is -0.538. The molecule has 1 amide bonds. The van der Waals surface area contributed by atoms with Crippen molar-refractivity contribution < 1.29 is 22.4 Å². The van der Waals surface area contributed by atoms with Gasteiger partial charge in [-0.15, -0.1) is 0 Å². The lowest BCUT2D eigenvalue weighted by Gasteiger charge is -2.30. The molecular formula is C17H14ClF4N5O. The highest BCUT2D eigenvalue weighted by Crippen LogP contribution is 2.33. The Hall–Kier alpha value is -2.88. The summed E-state index contributed by atoms with van der Waals surface area (Å²) in [5, 5.41) is 0.932. The van der Waals surface area contributed by atoms with Gasteiger partial charge in [-0.3, -0.25) is 4.79 Å². The molecule has 1 atom stereocenters. The van der Waals surface area contributed by atoms with Crippen LogP contribution in [0.2, 0.25) is 5.02 Å². The SMILES string of the molecule is C[C@@H](C(N)=O)N(CC(F)(F)F)c1cc(-c2c[nH]c3ncc(Cl)cc23)cnc1F. The molecule has 11 heteroatoms. The number of hydrogen-bond donors (Lipinski definition) is 2. The molecule has 3 aromatic heterocycles. The summed E-state index contributed by atoms with van der Waals surface area (Å²) in [6, 6.07) is 1.38. The summed E-state index contributed by atoms with van der Waals surface area (Å²) < 4.78 is 53.4. The number of H-pyrrole nitrogens is 1. The van der Waals surface area contributed by atoms with Crippen molar-refractivity contribution in [2.24, 2.45) is 5.73 Å². The van der Waals surface area contributed by atoms with Crippen molar-refractivity contribution in [3.8, 4) is 11.1 Å². The molecule has 0 radical (unpaired) electrons. The average Bonchev–Trinajstić information content (AvgIpc) is 3.02. The topological polar surface area (TPSA) is 87.9 Å². The number of nitrogens with zero attached hydrogens (tertiary/aromatic N) is 3. The van der Waals surface area contributed by atoms with Crippen LogP contribution >= 0.6 is 11.6 Å². The first-order chi connectivity index (χ1) is 13.1. The maximum Gasteiger partial charge on any atom is 0.405 e. The van der Waals surface area contributed by atoms with E-state index in [1.165, 1.54) is 18.5 Å². The Balaban J connectivity index is 2.13. The smallest absolute Gasteiger partial charge is 0.368 e. The lowest BCUT2D eigenvalue weighted by Crippen LogP contribution is -2.47. The third-order valence-corrected chi connectivity index (χ3v) is 4.37. The van der Waals surface area contributed by atoms with Crippen LogP contribution < -0.4 is 10.6 Å². The van der Waals surface area contributed by atoms with Gasteiger partial charge >= 0.3 is 6.18 Å². The van der Waals surface area contributed by atoms with E-state index in [0.717, 1.165) is 6.92 Å². The van der Waals surface area contributed by atoms with Gasteiger partial charge < -0.3 is 15.6 Å². The molecule has 3 N–H and O–H groups in total. The molecule has 0 aliphatic rings. The van der Waals surface area contributed by atoms with Gasteiger partial charge in [0.25, 0.3) is 0 Å². The number of aromatic nitrogens is 3. The summed E-state index contributed by atoms with van der Waals surface area (Å²) in [4.78, 5) is 22.6. The van der Waals surface area contributed by atoms with Crippen LogP contribution in [-0.4, -0.2) is 39.6 Å². The molecule has 0 saturated carbocycles. The van der Waals surface area contributed by atoms with Crippen LogP contribution in [0.5, 0.6) is 0 Å². The van der Waals surface area contributed by atoms with Crippen LogP contribution in [0, 0.1) is 5.95 Å². The number of rotatable bonds is 5. The minimum absolute atomic E-state index is 0.315. The van der Waals surface area contributed by atoms with Crippen molar-refractivity contribution in [3.63, 3.8) is 0 Å². The Bertz CT molecular complexity index is 1040. The van der Waals surface area contributed by atoms with Crippen LogP contribution in [0.1, 0.15) is 6.92 Å². The number of nitrogens with one attached hydrogen (secondary N) is 1. The molecule has 0 aromatic carbocycles. The largest absolute Gasteiger partial charge is 0.405 e. The second-order valence-corrected chi connectivity index (χ2v) is 6.54. The van der Waals surface area contributed by atoms with E-state index in [-0.39, 0.29) is 0 Å². The van der Waals surface area contributed by atoms with Gasteiger partial charge in [0.15, 0.2) is 0 Å². The molecule has 0 saturated heterocycles. The van der Waals surface area contributed by atoms with E-state index in [9.17, 15) is 22.4 Å². The zero-order valence-electron chi connectivity index (χ0n) is 14.4. The molecule has 148 valence electrons. The first-order valence-corrected chi connectivity index (χ1v) is 8.36. The van der Waals surface area contributed by atoms with Gasteiger partial charge in [0.05, 0.1) is 10.7 Å². The van der Waals surface area contributed by atoms with E-state index in [1.54, 1.807) is 12.3 Å². The summed E-state index contributed by atoms with van der Waals surface area (Å²) >= 11 is 5.95. The van der Waals surface area contributed by atoms with E-state index in [2.05, 4.69) is 15.0 Å². The van der Waals surface area contributed by atoms with Crippen molar-refractivity contribution in [2.75, 3.05) is 11.4 Å². The quantitative estimate of drug-likeness (QED) is 0.491. The lowest BCUT2D eigenvalue weighted by molar-refractivity contribution is -0.125. The van der Waals surface area contributed by atoms with E-state index in [4.69, 9.17) is 17.3 Å². The maximum absolute atomic E-state index is 14.3. The third kappa shape index (κ3) is 4.01. The van der Waals surface area contributed by atoms with Crippen molar-refractivity contribution in [1.29, 1.82) is 0 Å². The predicted molar refractivity (Wildman–Crippen MR) is 96.4 cm³/mol. The Morgan fingerprint density at radius 3 is 2.68 bits per heavy atom. The van der Waals surface area contributed by atoms with E-state index < -0.39 is 36.3 Å². The van der Waals surface area contributed by atoms with Crippen molar-refractivity contribution >= 4 is 34.2 Å². The predicted octanol–water partition coefficient (Wildman–Crippen LogP) is 3.66. The number of carbonyl (C=O) groups excluding carboxylic acids is 1. The molecule has 0 aliphatic heterocycles. The number of primary amides is 1. The van der Waals surface area contributed by atoms with Gasteiger partial charge in [-0.1, -0.05) is 11.6 Å². The van der Waals surface area contributed by atoms with E-state index in [1.807, 2.05) is 0 Å². The van der Waals surface area contributed by atoms with Crippen molar-refractivity contribution in [1.82, 2.24) is 15.0 Å². The van der Waals surface area contributed by atoms with Crippen molar-refractivity contribution in [3.05, 3.63) is 41.7 Å². The average molecular weight is 416 g/mol. The molecule has 28 heavy (non-hydrogen) atoms. The number of anilines is 1. The van der Waals surface area contributed by atoms with Crippen LogP contribution in [0.15, 0.2) is 30.7 Å². The molecule has 6 nitrogen and oxygen atoms in total. The van der Waals surface area contributed by atoms with Gasteiger partial charge in [-0.25, -0.2) is 9.97 Å². The van der Waals surface area contributed by atoms with Gasteiger partial charge in [0.2, 0.25) is 11.9 Å². The minimum atomic E-state index is -4.69. The zero-order valence-corrected chi connectivity index (χ0v) is 15.1. The van der Waals surface area contributed by atoms with Gasteiger partial charge in [-0.05, 0) is 19.1 Å². The third-order valence-electron chi connectivity index (χ3n) is 4.17. The fourth-order valence-electron chi connectivity index (χ4n) is 2.78. The highest BCUT2D eigenvalue weighted by molar-refractivity contribution is 6.31. The van der Waals surface area contributed by atoms with Crippen LogP contribution in [0.4, 0.5) is 23.2 Å². The molecule has 3 aromatic rings. The number of nitrogens with two attached hydrogens (primary N) is 1. The maximum atomic E-state index is 14.3. The van der Waals surface area contributed by atoms with E-state index in [0.29, 0.717) is 32.1 Å². The molecule has 0 spiro atoms. The number of fused-ring (bicyclic) bond motifs is 1. The Morgan fingerprint density at radius 1 is 1.32 bits per heavy atom. The normalized spacial score (nSPS) is 12.9. The fourth-order valence-corrected chi connectivity index (χ4v) is 2.94. The summed E-state index contributed by atoms with van der Waals surface area (Å²) in [7, 11) is 0. The standard InChI is InChI=1S/C17H14ClF4N5O/c1-8(15(23)28)27(7-17(20,21)22)13-2-9(4-24-14(13)19)12-6-26-16-11(12)3-10(18)5-25-16/h2-6,8H,7H2,1H3,(H2,23,28)(H,25,26)/t8-/m0/s1. The van der Waals surface area contributed by atoms with Gasteiger partial charge in [0.1, 0.15) is 18.2 Å². The second-order valence-electron chi connectivity index (χ2n) is 6.11. The molecular weight excluding hydrogens is 402 g/mol. The highest BCUT2D eigenvalue weighted by atomic mass is 35.5. The minimum Gasteiger partial charge on any atom is -0.368 e. The molecule has 3 rings (SSSR count). The molecule has 0 bridgehead atoms. The van der Waals surface area contributed by atoms with Crippen molar-refractivity contribution in [2.45, 2.75) is 19.1 Å². The van der Waals surface area contributed by atoms with Gasteiger partial charge in [0, 0.05) is 35.1 Å². The Morgan fingerprint density at radius 2 is 2.04 bits per heavy atom. The Kier molecular flexibility index (Phi) is 5.16. The fraction of sp³-hybridized carbons (Fsp3) is 0.235. The summed E-state index contributed by atoms with van der Waals surface area (Å²) in [5.41, 5.74) is 5.97. The number of amides is 1. The summed E-state index contributed by atoms with van der Waals surface area (Å²) in [6.45, 7) is -0.407. The van der Waals surface area contributed by atoms with Crippen LogP contribution in [-0.2, 0) is 4.79 Å². The number of aromatic amines is 1. The number of pyridine rings is 2. The summed E-state index contributed by atoms with van der Waals surface area (Å²) in [5.74, 6) is -2.19.